The molecular formula is C18H15Cl2NO3. The molecule has 4 nitrogen and oxygen atoms in total. The molecule has 0 N–H and O–H groups in total. The number of carbonyl (C=O) groups is 1. The molecule has 0 aliphatic rings. The highest BCUT2D eigenvalue weighted by atomic mass is 35.5. The van der Waals surface area contributed by atoms with Crippen LogP contribution in [0.25, 0.3) is 0 Å². The minimum atomic E-state index is -0.594. The zero-order chi connectivity index (χ0) is 17.5. The Labute approximate surface area is 150 Å². The van der Waals surface area contributed by atoms with Gasteiger partial charge in [0.2, 0.25) is 0 Å². The van der Waals surface area contributed by atoms with Crippen molar-refractivity contribution in [3.05, 3.63) is 57.6 Å². The molecule has 6 heteroatoms. The summed E-state index contributed by atoms with van der Waals surface area (Å²) in [6.07, 6.45) is 1.87. The molecule has 0 aromatic heterocycles. The molecule has 0 saturated heterocycles. The molecule has 24 heavy (non-hydrogen) atoms. The monoisotopic (exact) mass is 363 g/mol. The number of ether oxygens (including phenoxy) is 2. The molecule has 0 heterocycles. The van der Waals surface area contributed by atoms with Gasteiger partial charge in [-0.15, -0.1) is 0 Å². The van der Waals surface area contributed by atoms with Crippen LogP contribution in [0.4, 0.5) is 0 Å². The summed E-state index contributed by atoms with van der Waals surface area (Å²) in [6, 6.07) is 11.1. The van der Waals surface area contributed by atoms with Crippen molar-refractivity contribution in [2.45, 2.75) is 19.8 Å². The maximum atomic E-state index is 12.2. The van der Waals surface area contributed by atoms with Crippen molar-refractivity contribution < 1.29 is 14.3 Å². The minimum Gasteiger partial charge on any atom is -0.490 e. The van der Waals surface area contributed by atoms with Gasteiger partial charge in [0.05, 0.1) is 33.8 Å². The third-order valence-electron chi connectivity index (χ3n) is 3.17. The summed E-state index contributed by atoms with van der Waals surface area (Å²) >= 11 is 12.3. The van der Waals surface area contributed by atoms with Crippen LogP contribution in [0.2, 0.25) is 10.0 Å². The van der Waals surface area contributed by atoms with Crippen LogP contribution in [0, 0.1) is 11.3 Å². The third kappa shape index (κ3) is 4.64. The number of unbranched alkanes of at least 4 members (excludes halogenated alkanes) is 1. The number of hydrogen-bond donors (Lipinski definition) is 0. The molecule has 0 aliphatic carbocycles. The van der Waals surface area contributed by atoms with Gasteiger partial charge in [-0.25, -0.2) is 4.79 Å². The van der Waals surface area contributed by atoms with E-state index in [2.05, 4.69) is 6.92 Å². The van der Waals surface area contributed by atoms with Crippen LogP contribution in [-0.4, -0.2) is 12.6 Å². The largest absolute Gasteiger partial charge is 0.490 e. The fourth-order valence-electron chi connectivity index (χ4n) is 1.90. The molecule has 0 unspecified atom stereocenters. The zero-order valence-corrected chi connectivity index (χ0v) is 14.5. The number of rotatable bonds is 6. The van der Waals surface area contributed by atoms with E-state index in [9.17, 15) is 4.79 Å². The van der Waals surface area contributed by atoms with Gasteiger partial charge in [0.1, 0.15) is 5.75 Å². The Morgan fingerprint density at radius 3 is 2.33 bits per heavy atom. The fourth-order valence-corrected chi connectivity index (χ4v) is 2.49. The Hall–Kier alpha value is -2.22. The van der Waals surface area contributed by atoms with E-state index in [-0.39, 0.29) is 15.6 Å². The summed E-state index contributed by atoms with van der Waals surface area (Å²) in [7, 11) is 0. The second kappa shape index (κ2) is 8.58. The van der Waals surface area contributed by atoms with E-state index in [0.29, 0.717) is 23.7 Å². The first kappa shape index (κ1) is 18.1. The number of nitriles is 1. The van der Waals surface area contributed by atoms with Crippen LogP contribution in [0.15, 0.2) is 36.4 Å². The Morgan fingerprint density at radius 1 is 1.17 bits per heavy atom. The molecule has 2 aromatic carbocycles. The van der Waals surface area contributed by atoms with Crippen LogP contribution in [-0.2, 0) is 0 Å². The van der Waals surface area contributed by atoms with Crippen LogP contribution in [0.5, 0.6) is 11.5 Å². The maximum absolute atomic E-state index is 12.2. The SMILES string of the molecule is CCCCOc1c(Cl)cc(C(=O)Oc2ccc(C#N)cc2)cc1Cl. The van der Waals surface area contributed by atoms with Crippen LogP contribution in [0.1, 0.15) is 35.7 Å². The van der Waals surface area contributed by atoms with Crippen molar-refractivity contribution >= 4 is 29.2 Å². The number of nitrogens with zero attached hydrogens (tertiary/aromatic N) is 1. The lowest BCUT2D eigenvalue weighted by atomic mass is 10.2. The third-order valence-corrected chi connectivity index (χ3v) is 3.73. The first-order chi connectivity index (χ1) is 11.5. The van der Waals surface area contributed by atoms with Crippen LogP contribution in [0.3, 0.4) is 0 Å². The predicted molar refractivity (Wildman–Crippen MR) is 93.0 cm³/mol. The number of benzene rings is 2. The lowest BCUT2D eigenvalue weighted by Gasteiger charge is -2.11. The standard InChI is InChI=1S/C18H15Cl2NO3/c1-2-3-8-23-17-15(19)9-13(10-16(17)20)18(22)24-14-6-4-12(11-21)5-7-14/h4-7,9-10H,2-3,8H2,1H3. The second-order valence-corrected chi connectivity index (χ2v) is 5.81. The first-order valence-corrected chi connectivity index (χ1v) is 8.15. The van der Waals surface area contributed by atoms with Crippen molar-refractivity contribution in [2.24, 2.45) is 0 Å². The lowest BCUT2D eigenvalue weighted by Crippen LogP contribution is -2.09. The summed E-state index contributed by atoms with van der Waals surface area (Å²) in [4.78, 5) is 12.2. The molecule has 0 amide bonds. The molecule has 0 radical (unpaired) electrons. The molecule has 0 bridgehead atoms. The number of hydrogen-bond acceptors (Lipinski definition) is 4. The molecule has 124 valence electrons. The minimum absolute atomic E-state index is 0.220. The average Bonchev–Trinajstić information content (AvgIpc) is 2.58. The van der Waals surface area contributed by atoms with Crippen LogP contribution >= 0.6 is 23.2 Å². The fraction of sp³-hybridized carbons (Fsp3) is 0.222. The highest BCUT2D eigenvalue weighted by molar-refractivity contribution is 6.37. The van der Waals surface area contributed by atoms with E-state index in [1.807, 2.05) is 6.07 Å². The number of halogens is 2. The van der Waals surface area contributed by atoms with Crippen molar-refractivity contribution in [1.29, 1.82) is 5.26 Å². The van der Waals surface area contributed by atoms with Crippen molar-refractivity contribution in [3.8, 4) is 17.6 Å². The van der Waals surface area contributed by atoms with Gasteiger partial charge >= 0.3 is 5.97 Å². The van der Waals surface area contributed by atoms with E-state index in [1.54, 1.807) is 24.3 Å². The highest BCUT2D eigenvalue weighted by Gasteiger charge is 2.16. The van der Waals surface area contributed by atoms with Crippen molar-refractivity contribution in [1.82, 2.24) is 0 Å². The predicted octanol–water partition coefficient (Wildman–Crippen LogP) is 5.26. The summed E-state index contributed by atoms with van der Waals surface area (Å²) in [5.41, 5.74) is 0.701. The van der Waals surface area contributed by atoms with E-state index in [1.165, 1.54) is 12.1 Å². The van der Waals surface area contributed by atoms with Gasteiger partial charge in [-0.1, -0.05) is 36.5 Å². The topological polar surface area (TPSA) is 59.3 Å². The Kier molecular flexibility index (Phi) is 6.48. The van der Waals surface area contributed by atoms with Gasteiger partial charge in [0, 0.05) is 0 Å². The van der Waals surface area contributed by atoms with Gasteiger partial charge < -0.3 is 9.47 Å². The Morgan fingerprint density at radius 2 is 1.79 bits per heavy atom. The molecule has 0 saturated carbocycles. The highest BCUT2D eigenvalue weighted by Crippen LogP contribution is 2.34. The normalized spacial score (nSPS) is 10.1. The van der Waals surface area contributed by atoms with E-state index in [4.69, 9.17) is 37.9 Å². The lowest BCUT2D eigenvalue weighted by molar-refractivity contribution is 0.0734. The van der Waals surface area contributed by atoms with Crippen molar-refractivity contribution in [2.75, 3.05) is 6.61 Å². The van der Waals surface area contributed by atoms with Gasteiger partial charge in [-0.2, -0.15) is 5.26 Å². The number of esters is 1. The van der Waals surface area contributed by atoms with E-state index >= 15 is 0 Å². The molecule has 0 spiro atoms. The summed E-state index contributed by atoms with van der Waals surface area (Å²) in [5.74, 6) is 0.0971. The van der Waals surface area contributed by atoms with E-state index in [0.717, 1.165) is 12.8 Å². The van der Waals surface area contributed by atoms with E-state index < -0.39 is 5.97 Å². The Bertz CT molecular complexity index is 744. The van der Waals surface area contributed by atoms with Gasteiger partial charge in [0.15, 0.2) is 5.75 Å². The second-order valence-electron chi connectivity index (χ2n) is 5.00. The summed E-state index contributed by atoms with van der Waals surface area (Å²) in [5, 5.41) is 9.26. The first-order valence-electron chi connectivity index (χ1n) is 7.39. The van der Waals surface area contributed by atoms with Crippen LogP contribution < -0.4 is 9.47 Å². The average molecular weight is 364 g/mol. The molecule has 2 aromatic rings. The summed E-state index contributed by atoms with van der Waals surface area (Å²) < 4.78 is 10.8. The van der Waals surface area contributed by atoms with Gasteiger partial charge in [-0.05, 0) is 42.8 Å². The van der Waals surface area contributed by atoms with Gasteiger partial charge in [0.25, 0.3) is 0 Å². The molecule has 2 rings (SSSR count). The molecule has 0 aliphatic heterocycles. The summed E-state index contributed by atoms with van der Waals surface area (Å²) in [6.45, 7) is 2.56. The Balaban J connectivity index is 2.13. The molecule has 0 atom stereocenters. The van der Waals surface area contributed by atoms with Gasteiger partial charge in [-0.3, -0.25) is 0 Å². The molecule has 0 fully saturated rings. The zero-order valence-electron chi connectivity index (χ0n) is 13.0. The number of carbonyl (C=O) groups excluding carboxylic acids is 1. The smallest absolute Gasteiger partial charge is 0.343 e. The van der Waals surface area contributed by atoms with Crippen molar-refractivity contribution in [3.63, 3.8) is 0 Å². The molecular weight excluding hydrogens is 349 g/mol. The quantitative estimate of drug-likeness (QED) is 0.398. The maximum Gasteiger partial charge on any atom is 0.343 e.